The third kappa shape index (κ3) is 2.26. The molecule has 0 aromatic carbocycles. The van der Waals surface area contributed by atoms with Crippen LogP contribution in [0.25, 0.3) is 0 Å². The largest absolute Gasteiger partial charge is 0.330 e. The molecule has 0 saturated carbocycles. The lowest BCUT2D eigenvalue weighted by atomic mass is 10.1. The number of hydrogen-bond acceptors (Lipinski definition) is 3. The molecule has 0 aromatic rings. The Morgan fingerprint density at radius 2 is 2.29 bits per heavy atom. The minimum absolute atomic E-state index is 0.772. The molecular weight excluding hydrogens is 192 g/mol. The molecule has 2 aliphatic heterocycles. The molecule has 14 heavy (non-hydrogen) atoms. The lowest BCUT2D eigenvalue weighted by Gasteiger charge is -2.35. The predicted molar refractivity (Wildman–Crippen MR) is 63.7 cm³/mol. The van der Waals surface area contributed by atoms with E-state index in [1.54, 1.807) is 0 Å². The van der Waals surface area contributed by atoms with Gasteiger partial charge in [0.05, 0.1) is 0 Å². The quantitative estimate of drug-likeness (QED) is 0.756. The van der Waals surface area contributed by atoms with E-state index >= 15 is 0 Å². The summed E-state index contributed by atoms with van der Waals surface area (Å²) in [5, 5.41) is 0.834. The summed E-state index contributed by atoms with van der Waals surface area (Å²) < 4.78 is 0. The van der Waals surface area contributed by atoms with Crippen LogP contribution in [-0.2, 0) is 0 Å². The first-order chi connectivity index (χ1) is 6.81. The molecule has 82 valence electrons. The van der Waals surface area contributed by atoms with E-state index in [4.69, 9.17) is 5.73 Å². The van der Waals surface area contributed by atoms with Gasteiger partial charge in [0.1, 0.15) is 0 Å². The Bertz CT molecular complexity index is 186. The highest BCUT2D eigenvalue weighted by molar-refractivity contribution is 7.99. The van der Waals surface area contributed by atoms with Gasteiger partial charge in [0.15, 0.2) is 0 Å². The lowest BCUT2D eigenvalue weighted by molar-refractivity contribution is 0.217. The van der Waals surface area contributed by atoms with Crippen LogP contribution in [0.3, 0.4) is 0 Å². The fourth-order valence-electron chi connectivity index (χ4n) is 2.74. The number of likely N-dealkylation sites (tertiary alicyclic amines) is 1. The van der Waals surface area contributed by atoms with E-state index in [-0.39, 0.29) is 0 Å². The molecule has 0 radical (unpaired) electrons. The summed E-state index contributed by atoms with van der Waals surface area (Å²) in [5.74, 6) is 2.14. The monoisotopic (exact) mass is 214 g/mol. The normalized spacial score (nSPS) is 40.3. The molecule has 2 nitrogen and oxygen atoms in total. The van der Waals surface area contributed by atoms with Crippen LogP contribution < -0.4 is 5.73 Å². The molecular formula is C11H22N2S. The van der Waals surface area contributed by atoms with Gasteiger partial charge in [-0.3, -0.25) is 4.90 Å². The van der Waals surface area contributed by atoms with E-state index in [9.17, 15) is 0 Å². The molecule has 0 spiro atoms. The van der Waals surface area contributed by atoms with Crippen molar-refractivity contribution in [3.63, 3.8) is 0 Å². The minimum Gasteiger partial charge on any atom is -0.330 e. The Morgan fingerprint density at radius 1 is 1.43 bits per heavy atom. The first-order valence-electron chi connectivity index (χ1n) is 5.87. The van der Waals surface area contributed by atoms with Gasteiger partial charge in [-0.2, -0.15) is 11.8 Å². The third-order valence-corrected chi connectivity index (χ3v) is 5.05. The maximum Gasteiger partial charge on any atom is 0.0212 e. The summed E-state index contributed by atoms with van der Waals surface area (Å²) in [4.78, 5) is 2.69. The highest BCUT2D eigenvalue weighted by atomic mass is 32.2. The molecule has 2 saturated heterocycles. The van der Waals surface area contributed by atoms with Crippen LogP contribution in [0.2, 0.25) is 0 Å². The Balaban J connectivity index is 1.88. The van der Waals surface area contributed by atoms with Gasteiger partial charge in [-0.15, -0.1) is 0 Å². The molecule has 0 aliphatic carbocycles. The van der Waals surface area contributed by atoms with Crippen LogP contribution >= 0.6 is 11.8 Å². The molecule has 0 bridgehead atoms. The zero-order valence-corrected chi connectivity index (χ0v) is 9.93. The van der Waals surface area contributed by atoms with E-state index < -0.39 is 0 Å². The topological polar surface area (TPSA) is 29.3 Å². The van der Waals surface area contributed by atoms with Crippen molar-refractivity contribution in [3.05, 3.63) is 0 Å². The molecule has 0 amide bonds. The van der Waals surface area contributed by atoms with Crippen molar-refractivity contribution in [1.82, 2.24) is 4.90 Å². The van der Waals surface area contributed by atoms with Gasteiger partial charge < -0.3 is 5.73 Å². The van der Waals surface area contributed by atoms with Gasteiger partial charge in [-0.05, 0) is 44.0 Å². The summed E-state index contributed by atoms with van der Waals surface area (Å²) in [6.07, 6.45) is 4.14. The van der Waals surface area contributed by atoms with Gasteiger partial charge in [0.25, 0.3) is 0 Å². The summed E-state index contributed by atoms with van der Waals surface area (Å²) in [6.45, 7) is 5.82. The SMILES string of the molecule is CC1SCCCC1N1CCC(CN)C1. The van der Waals surface area contributed by atoms with Gasteiger partial charge in [-0.25, -0.2) is 0 Å². The minimum atomic E-state index is 0.772. The van der Waals surface area contributed by atoms with E-state index in [0.717, 1.165) is 23.8 Å². The number of nitrogens with two attached hydrogens (primary N) is 1. The van der Waals surface area contributed by atoms with Gasteiger partial charge in [-0.1, -0.05) is 6.92 Å². The smallest absolute Gasteiger partial charge is 0.0212 e. The Kier molecular flexibility index (Phi) is 3.74. The van der Waals surface area contributed by atoms with E-state index in [0.29, 0.717) is 0 Å². The predicted octanol–water partition coefficient (Wildman–Crippen LogP) is 1.55. The highest BCUT2D eigenvalue weighted by Crippen LogP contribution is 2.31. The molecule has 2 N–H and O–H groups in total. The first kappa shape index (κ1) is 10.8. The standard InChI is InChI=1S/C11H22N2S/c1-9-11(3-2-6-14-9)13-5-4-10(7-12)8-13/h9-11H,2-8,12H2,1H3. The number of thioether (sulfide) groups is 1. The second kappa shape index (κ2) is 4.86. The third-order valence-electron chi connectivity index (χ3n) is 3.69. The second-order valence-electron chi connectivity index (χ2n) is 4.67. The van der Waals surface area contributed by atoms with Crippen molar-refractivity contribution in [2.45, 2.75) is 37.5 Å². The zero-order chi connectivity index (χ0) is 9.97. The van der Waals surface area contributed by atoms with Crippen molar-refractivity contribution in [1.29, 1.82) is 0 Å². The van der Waals surface area contributed by atoms with Gasteiger partial charge in [0, 0.05) is 17.8 Å². The Hall–Kier alpha value is 0.270. The number of hydrogen-bond donors (Lipinski definition) is 1. The Morgan fingerprint density at radius 3 is 2.93 bits per heavy atom. The van der Waals surface area contributed by atoms with Crippen molar-refractivity contribution in [2.75, 3.05) is 25.4 Å². The molecule has 3 unspecified atom stereocenters. The summed E-state index contributed by atoms with van der Waals surface area (Å²) >= 11 is 2.15. The average molecular weight is 214 g/mol. The van der Waals surface area contributed by atoms with Crippen molar-refractivity contribution in [2.24, 2.45) is 11.7 Å². The van der Waals surface area contributed by atoms with Crippen LogP contribution in [0, 0.1) is 5.92 Å². The zero-order valence-electron chi connectivity index (χ0n) is 9.11. The summed E-state index contributed by atoms with van der Waals surface area (Å²) in [7, 11) is 0. The molecule has 2 heterocycles. The van der Waals surface area contributed by atoms with Crippen molar-refractivity contribution in [3.8, 4) is 0 Å². The fraction of sp³-hybridized carbons (Fsp3) is 1.00. The molecule has 3 atom stereocenters. The first-order valence-corrected chi connectivity index (χ1v) is 6.92. The number of rotatable bonds is 2. The van der Waals surface area contributed by atoms with E-state index in [1.807, 2.05) is 0 Å². The average Bonchev–Trinajstić information content (AvgIpc) is 2.67. The maximum atomic E-state index is 5.73. The molecule has 2 fully saturated rings. The van der Waals surface area contributed by atoms with Crippen LogP contribution in [0.4, 0.5) is 0 Å². The maximum absolute atomic E-state index is 5.73. The molecule has 3 heteroatoms. The van der Waals surface area contributed by atoms with E-state index in [2.05, 4.69) is 23.6 Å². The molecule has 0 aromatic heterocycles. The van der Waals surface area contributed by atoms with Crippen molar-refractivity contribution < 1.29 is 0 Å². The molecule has 2 aliphatic rings. The van der Waals surface area contributed by atoms with Gasteiger partial charge >= 0.3 is 0 Å². The Labute approximate surface area is 91.6 Å². The lowest BCUT2D eigenvalue weighted by Crippen LogP contribution is -2.42. The summed E-state index contributed by atoms with van der Waals surface area (Å²) in [6, 6.07) is 0.838. The van der Waals surface area contributed by atoms with Gasteiger partial charge in [0.2, 0.25) is 0 Å². The number of nitrogens with zero attached hydrogens (tertiary/aromatic N) is 1. The highest BCUT2D eigenvalue weighted by Gasteiger charge is 2.32. The fourth-order valence-corrected chi connectivity index (χ4v) is 3.98. The van der Waals surface area contributed by atoms with Crippen molar-refractivity contribution >= 4 is 11.8 Å². The summed E-state index contributed by atoms with van der Waals surface area (Å²) in [5.41, 5.74) is 5.73. The van der Waals surface area contributed by atoms with Crippen LogP contribution in [0.15, 0.2) is 0 Å². The van der Waals surface area contributed by atoms with Crippen LogP contribution in [0.5, 0.6) is 0 Å². The second-order valence-corrected chi connectivity index (χ2v) is 6.16. The van der Waals surface area contributed by atoms with E-state index in [1.165, 1.54) is 38.1 Å². The molecule has 2 rings (SSSR count). The van der Waals surface area contributed by atoms with Crippen LogP contribution in [-0.4, -0.2) is 41.6 Å². The van der Waals surface area contributed by atoms with Crippen LogP contribution in [0.1, 0.15) is 26.2 Å².